The zero-order valence-corrected chi connectivity index (χ0v) is 19.8. The number of ether oxygens (including phenoxy) is 2. The molecule has 1 aliphatic heterocycles. The van der Waals surface area contributed by atoms with Crippen molar-refractivity contribution in [3.05, 3.63) is 0 Å². The predicted octanol–water partition coefficient (Wildman–Crippen LogP) is 4.97. The maximum Gasteiger partial charge on any atom is 0.311 e. The van der Waals surface area contributed by atoms with Crippen LogP contribution < -0.4 is 0 Å². The number of Topliss-reactive ketones (excluding diaryl/α,β-unsaturated/α-hetero) is 1. The van der Waals surface area contributed by atoms with Crippen LogP contribution in [0, 0.1) is 45.8 Å². The lowest BCUT2D eigenvalue weighted by Crippen LogP contribution is -2.59. The van der Waals surface area contributed by atoms with Gasteiger partial charge in [-0.2, -0.15) is 0 Å². The van der Waals surface area contributed by atoms with Crippen molar-refractivity contribution >= 4 is 24.2 Å². The summed E-state index contributed by atoms with van der Waals surface area (Å²) in [6.07, 6.45) is 7.72. The Hall–Kier alpha value is -0.610. The molecular weight excluding hydrogens is 400 g/mol. The fourth-order valence-corrected chi connectivity index (χ4v) is 8.74. The minimum Gasteiger partial charge on any atom is -0.462 e. The third kappa shape index (κ3) is 2.44. The number of halogens is 1. The van der Waals surface area contributed by atoms with Crippen LogP contribution in [0.2, 0.25) is 0 Å². The van der Waals surface area contributed by atoms with Crippen molar-refractivity contribution in [2.45, 2.75) is 97.4 Å². The molecule has 6 aliphatic rings. The molecule has 1 spiro atoms. The third-order valence-corrected chi connectivity index (χ3v) is 10.4. The highest BCUT2D eigenvalue weighted by Gasteiger charge is 2.79. The molecule has 0 bridgehead atoms. The van der Waals surface area contributed by atoms with Crippen LogP contribution in [0.5, 0.6) is 0 Å². The van der Waals surface area contributed by atoms with Gasteiger partial charge in [0.25, 0.3) is 0 Å². The zero-order chi connectivity index (χ0) is 20.6. The fraction of sp³-hybridized carbons (Fsp3) is 0.920. The quantitative estimate of drug-likeness (QED) is 0.430. The highest BCUT2D eigenvalue weighted by Crippen LogP contribution is 2.76. The van der Waals surface area contributed by atoms with Gasteiger partial charge in [0, 0.05) is 23.2 Å². The largest absolute Gasteiger partial charge is 0.462 e. The number of epoxide rings is 1. The first-order valence-electron chi connectivity index (χ1n) is 11.9. The van der Waals surface area contributed by atoms with Gasteiger partial charge in [-0.3, -0.25) is 9.59 Å². The van der Waals surface area contributed by atoms with Crippen LogP contribution in [0.1, 0.15) is 79.6 Å². The van der Waals surface area contributed by atoms with E-state index in [0.717, 1.165) is 38.5 Å². The molecule has 168 valence electrons. The summed E-state index contributed by atoms with van der Waals surface area (Å²) in [4.78, 5) is 25.4. The lowest BCUT2D eigenvalue weighted by Gasteiger charge is -2.58. The Balaban J connectivity index is 0.00000193. The Morgan fingerprint density at radius 1 is 1.10 bits per heavy atom. The van der Waals surface area contributed by atoms with Crippen LogP contribution in [0.25, 0.3) is 0 Å². The molecule has 0 aromatic carbocycles. The van der Waals surface area contributed by atoms with E-state index in [1.165, 1.54) is 6.42 Å². The fourth-order valence-electron chi connectivity index (χ4n) is 8.74. The molecule has 10 atom stereocenters. The van der Waals surface area contributed by atoms with Crippen molar-refractivity contribution in [1.29, 1.82) is 0 Å². The first kappa shape index (κ1) is 21.2. The number of fused-ring (bicyclic) bond motifs is 6. The molecule has 1 saturated heterocycles. The minimum atomic E-state index is -0.455. The molecule has 1 heterocycles. The van der Waals surface area contributed by atoms with Gasteiger partial charge in [0.05, 0.1) is 11.5 Å². The minimum absolute atomic E-state index is 0. The molecule has 5 aliphatic carbocycles. The monoisotopic (exact) mass is 436 g/mol. The molecule has 5 saturated carbocycles. The van der Waals surface area contributed by atoms with Crippen molar-refractivity contribution in [2.24, 2.45) is 45.8 Å². The van der Waals surface area contributed by atoms with Crippen LogP contribution in [0.3, 0.4) is 0 Å². The molecule has 0 radical (unpaired) electrons. The standard InChI is InChI=1S/C25H36O4.ClH/c1-22(2,3)21(27)28-13-6-9-24(5)17-7-8-23(4)19(14-10-15(14)20(23)26)16(17)11-18-25(24,12-13)29-18;/h13-19H,6-12H2,1-5H3;1H/t13-,14?,15?,16?,17?,18+,19?,23-,24+,25+;/m0./s1. The lowest BCUT2D eigenvalue weighted by molar-refractivity contribution is -0.168. The molecule has 5 heteroatoms. The van der Waals surface area contributed by atoms with Gasteiger partial charge >= 0.3 is 5.97 Å². The van der Waals surface area contributed by atoms with Crippen LogP contribution >= 0.6 is 12.4 Å². The predicted molar refractivity (Wildman–Crippen MR) is 115 cm³/mol. The topological polar surface area (TPSA) is 55.9 Å². The normalized spacial score (nSPS) is 55.1. The lowest BCUT2D eigenvalue weighted by atomic mass is 9.44. The van der Waals surface area contributed by atoms with E-state index in [1.807, 2.05) is 20.8 Å². The van der Waals surface area contributed by atoms with Crippen LogP contribution in [0.4, 0.5) is 0 Å². The molecule has 5 unspecified atom stereocenters. The summed E-state index contributed by atoms with van der Waals surface area (Å²) in [5, 5.41) is 0. The Kier molecular flexibility index (Phi) is 4.28. The van der Waals surface area contributed by atoms with Gasteiger partial charge in [0.15, 0.2) is 0 Å². The molecule has 30 heavy (non-hydrogen) atoms. The Morgan fingerprint density at radius 2 is 1.83 bits per heavy atom. The van der Waals surface area contributed by atoms with E-state index in [4.69, 9.17) is 9.47 Å². The molecule has 0 N–H and O–H groups in total. The van der Waals surface area contributed by atoms with Gasteiger partial charge in [-0.15, -0.1) is 12.4 Å². The van der Waals surface area contributed by atoms with Gasteiger partial charge in [-0.25, -0.2) is 0 Å². The smallest absolute Gasteiger partial charge is 0.311 e. The van der Waals surface area contributed by atoms with Gasteiger partial charge in [0.1, 0.15) is 17.5 Å². The number of hydrogen-bond acceptors (Lipinski definition) is 4. The molecular formula is C25H37ClO4. The third-order valence-electron chi connectivity index (χ3n) is 10.4. The Labute approximate surface area is 186 Å². The summed E-state index contributed by atoms with van der Waals surface area (Å²) in [5.74, 6) is 3.44. The van der Waals surface area contributed by atoms with Gasteiger partial charge in [-0.05, 0) is 83.0 Å². The zero-order valence-electron chi connectivity index (χ0n) is 19.0. The second-order valence-electron chi connectivity index (χ2n) is 12.8. The second-order valence-corrected chi connectivity index (χ2v) is 12.8. The first-order valence-corrected chi connectivity index (χ1v) is 11.9. The van der Waals surface area contributed by atoms with E-state index in [0.29, 0.717) is 41.5 Å². The molecule has 0 aromatic heterocycles. The van der Waals surface area contributed by atoms with Crippen molar-refractivity contribution in [1.82, 2.24) is 0 Å². The molecule has 0 amide bonds. The summed E-state index contributed by atoms with van der Waals surface area (Å²) in [6, 6.07) is 0. The summed E-state index contributed by atoms with van der Waals surface area (Å²) in [7, 11) is 0. The van der Waals surface area contributed by atoms with Gasteiger partial charge in [0.2, 0.25) is 0 Å². The average molecular weight is 437 g/mol. The van der Waals surface area contributed by atoms with Crippen LogP contribution in [0.15, 0.2) is 0 Å². The number of carbonyl (C=O) groups excluding carboxylic acids is 2. The number of hydrogen-bond donors (Lipinski definition) is 0. The van der Waals surface area contributed by atoms with Crippen molar-refractivity contribution in [3.8, 4) is 0 Å². The first-order chi connectivity index (χ1) is 13.5. The highest BCUT2D eigenvalue weighted by molar-refractivity contribution is 5.92. The summed E-state index contributed by atoms with van der Waals surface area (Å²) in [5.41, 5.74) is -0.430. The molecule has 6 fully saturated rings. The van der Waals surface area contributed by atoms with Gasteiger partial charge in [-0.1, -0.05) is 13.8 Å². The average Bonchev–Trinajstić information content (AvgIpc) is 3.52. The highest BCUT2D eigenvalue weighted by atomic mass is 35.5. The van der Waals surface area contributed by atoms with Crippen molar-refractivity contribution in [2.75, 3.05) is 0 Å². The van der Waals surface area contributed by atoms with Crippen LogP contribution in [-0.2, 0) is 19.1 Å². The van der Waals surface area contributed by atoms with Crippen molar-refractivity contribution < 1.29 is 19.1 Å². The van der Waals surface area contributed by atoms with Crippen LogP contribution in [-0.4, -0.2) is 29.6 Å². The number of ketones is 1. The molecule has 0 aromatic rings. The summed E-state index contributed by atoms with van der Waals surface area (Å²) in [6.45, 7) is 10.5. The van der Waals surface area contributed by atoms with Gasteiger partial charge < -0.3 is 9.47 Å². The summed E-state index contributed by atoms with van der Waals surface area (Å²) < 4.78 is 12.5. The maximum atomic E-state index is 13.0. The second kappa shape index (κ2) is 6.04. The van der Waals surface area contributed by atoms with E-state index in [9.17, 15) is 9.59 Å². The number of esters is 1. The van der Waals surface area contributed by atoms with Crippen molar-refractivity contribution in [3.63, 3.8) is 0 Å². The SMILES string of the molecule is CC(C)(C)C(=O)O[C@H]1CC[C@]2(C)C3CC[C@]4(C)C(=O)C5CC5C4C3C[C@H]3O[C@]32C1.Cl. The maximum absolute atomic E-state index is 13.0. The van der Waals surface area contributed by atoms with E-state index >= 15 is 0 Å². The molecule has 6 rings (SSSR count). The van der Waals surface area contributed by atoms with E-state index in [2.05, 4.69) is 13.8 Å². The molecule has 4 nitrogen and oxygen atoms in total. The van der Waals surface area contributed by atoms with E-state index in [-0.39, 0.29) is 40.9 Å². The Morgan fingerprint density at radius 3 is 2.53 bits per heavy atom. The van der Waals surface area contributed by atoms with E-state index in [1.54, 1.807) is 0 Å². The number of carbonyl (C=O) groups is 2. The Bertz CT molecular complexity index is 803. The summed E-state index contributed by atoms with van der Waals surface area (Å²) >= 11 is 0. The number of rotatable bonds is 1. The van der Waals surface area contributed by atoms with E-state index < -0.39 is 5.41 Å².